The third-order valence-corrected chi connectivity index (χ3v) is 7.00. The number of allylic oxidation sites excluding steroid dienone is 1. The molecule has 0 spiro atoms. The Morgan fingerprint density at radius 2 is 1.56 bits per heavy atom. The lowest BCUT2D eigenvalue weighted by molar-refractivity contribution is -0.139. The Balaban J connectivity index is 1.91. The minimum atomic E-state index is -0.895. The zero-order valence-corrected chi connectivity index (χ0v) is 24.1. The third kappa shape index (κ3) is 6.07. The van der Waals surface area contributed by atoms with Crippen molar-refractivity contribution in [2.24, 2.45) is 4.99 Å². The molecule has 0 N–H and O–H groups in total. The van der Waals surface area contributed by atoms with Gasteiger partial charge < -0.3 is 23.7 Å². The lowest BCUT2D eigenvalue weighted by Gasteiger charge is -2.25. The highest BCUT2D eigenvalue weighted by molar-refractivity contribution is 7.07. The zero-order valence-electron chi connectivity index (χ0n) is 23.3. The van der Waals surface area contributed by atoms with Gasteiger partial charge in [0, 0.05) is 13.8 Å². The number of methoxy groups -OCH3 is 2. The van der Waals surface area contributed by atoms with Crippen molar-refractivity contribution in [3.05, 3.63) is 78.5 Å². The summed E-state index contributed by atoms with van der Waals surface area (Å²) >= 11 is 1.15. The van der Waals surface area contributed by atoms with Gasteiger partial charge in [0.25, 0.3) is 5.56 Å². The number of carbonyl (C=O) groups is 3. The molecule has 2 aromatic carbocycles. The largest absolute Gasteiger partial charge is 0.493 e. The Morgan fingerprint density at radius 1 is 0.951 bits per heavy atom. The van der Waals surface area contributed by atoms with E-state index in [4.69, 9.17) is 23.7 Å². The van der Waals surface area contributed by atoms with Crippen molar-refractivity contribution >= 4 is 35.3 Å². The Hall–Kier alpha value is -4.71. The number of fused-ring (bicyclic) bond motifs is 1. The molecule has 0 amide bonds. The maximum absolute atomic E-state index is 13.9. The minimum absolute atomic E-state index is 0.132. The molecular weight excluding hydrogens is 552 g/mol. The number of aromatic nitrogens is 1. The van der Waals surface area contributed by atoms with Crippen LogP contribution in [0.1, 0.15) is 44.9 Å². The molecule has 0 fully saturated rings. The van der Waals surface area contributed by atoms with Gasteiger partial charge in [0.2, 0.25) is 0 Å². The molecule has 1 atom stereocenters. The monoisotopic (exact) mass is 580 g/mol. The Labute approximate surface area is 238 Å². The van der Waals surface area contributed by atoms with Crippen molar-refractivity contribution in [1.82, 2.24) is 4.57 Å². The van der Waals surface area contributed by atoms with Crippen molar-refractivity contribution in [3.63, 3.8) is 0 Å². The first-order valence-corrected chi connectivity index (χ1v) is 13.3. The molecule has 12 heteroatoms. The van der Waals surface area contributed by atoms with Gasteiger partial charge in [-0.15, -0.1) is 0 Å². The second-order valence-electron chi connectivity index (χ2n) is 8.81. The van der Waals surface area contributed by atoms with Gasteiger partial charge in [-0.3, -0.25) is 19.0 Å². The number of carbonyl (C=O) groups excluding carboxylic acids is 3. The van der Waals surface area contributed by atoms with Crippen LogP contribution >= 0.6 is 11.3 Å². The van der Waals surface area contributed by atoms with Crippen LogP contribution in [0.3, 0.4) is 0 Å². The number of esters is 3. The number of nitrogens with zero attached hydrogens (tertiary/aromatic N) is 2. The van der Waals surface area contributed by atoms with Crippen molar-refractivity contribution in [3.8, 4) is 23.0 Å². The van der Waals surface area contributed by atoms with E-state index in [1.165, 1.54) is 32.6 Å². The summed E-state index contributed by atoms with van der Waals surface area (Å²) in [5.41, 5.74) is 1.35. The molecule has 41 heavy (non-hydrogen) atoms. The van der Waals surface area contributed by atoms with E-state index in [-0.39, 0.29) is 35.0 Å². The summed E-state index contributed by atoms with van der Waals surface area (Å²) in [7, 11) is 2.87. The smallest absolute Gasteiger partial charge is 0.338 e. The second kappa shape index (κ2) is 12.2. The normalized spacial score (nSPS) is 14.6. The summed E-state index contributed by atoms with van der Waals surface area (Å²) in [6.07, 6.45) is 1.66. The van der Waals surface area contributed by atoms with Crippen LogP contribution < -0.4 is 33.8 Å². The van der Waals surface area contributed by atoms with E-state index in [1.54, 1.807) is 56.3 Å². The molecule has 0 aliphatic carbocycles. The van der Waals surface area contributed by atoms with Crippen LogP contribution in [0.15, 0.2) is 57.5 Å². The molecule has 1 aliphatic heterocycles. The van der Waals surface area contributed by atoms with Crippen LogP contribution in [0, 0.1) is 0 Å². The maximum atomic E-state index is 13.9. The number of hydrogen-bond acceptors (Lipinski definition) is 11. The number of ether oxygens (including phenoxy) is 5. The highest BCUT2D eigenvalue weighted by atomic mass is 32.1. The van der Waals surface area contributed by atoms with Gasteiger partial charge in [0.15, 0.2) is 27.8 Å². The van der Waals surface area contributed by atoms with Crippen LogP contribution in [0.5, 0.6) is 23.0 Å². The highest BCUT2D eigenvalue weighted by Crippen LogP contribution is 2.36. The van der Waals surface area contributed by atoms with Crippen LogP contribution in [0.4, 0.5) is 0 Å². The predicted molar refractivity (Wildman–Crippen MR) is 149 cm³/mol. The summed E-state index contributed by atoms with van der Waals surface area (Å²) in [5, 5.41) is 0. The van der Waals surface area contributed by atoms with Gasteiger partial charge in [0.05, 0.1) is 42.7 Å². The predicted octanol–water partition coefficient (Wildman–Crippen LogP) is 2.67. The Kier molecular flexibility index (Phi) is 8.72. The van der Waals surface area contributed by atoms with Crippen molar-refractivity contribution in [1.29, 1.82) is 0 Å². The van der Waals surface area contributed by atoms with Crippen LogP contribution in [0.2, 0.25) is 0 Å². The summed E-state index contributed by atoms with van der Waals surface area (Å²) in [5.74, 6) is -0.612. The summed E-state index contributed by atoms with van der Waals surface area (Å²) in [4.78, 5) is 54.9. The molecule has 2 heterocycles. The number of benzene rings is 2. The summed E-state index contributed by atoms with van der Waals surface area (Å²) in [6.45, 7) is 6.06. The van der Waals surface area contributed by atoms with E-state index < -0.39 is 23.9 Å². The van der Waals surface area contributed by atoms with Gasteiger partial charge in [-0.25, -0.2) is 9.79 Å². The molecule has 0 saturated heterocycles. The fourth-order valence-corrected chi connectivity index (χ4v) is 5.41. The average Bonchev–Trinajstić information content (AvgIpc) is 3.22. The van der Waals surface area contributed by atoms with E-state index in [1.807, 2.05) is 0 Å². The molecule has 1 aliphatic rings. The van der Waals surface area contributed by atoms with Gasteiger partial charge in [0.1, 0.15) is 0 Å². The quantitative estimate of drug-likeness (QED) is 0.291. The first kappa shape index (κ1) is 29.3. The van der Waals surface area contributed by atoms with E-state index >= 15 is 0 Å². The van der Waals surface area contributed by atoms with Crippen LogP contribution in [-0.4, -0.2) is 43.3 Å². The fourth-order valence-electron chi connectivity index (χ4n) is 4.36. The lowest BCUT2D eigenvalue weighted by Crippen LogP contribution is -2.40. The number of rotatable bonds is 8. The molecule has 214 valence electrons. The molecule has 3 aromatic rings. The maximum Gasteiger partial charge on any atom is 0.338 e. The molecule has 0 radical (unpaired) electrons. The molecule has 1 aromatic heterocycles. The van der Waals surface area contributed by atoms with Gasteiger partial charge in [-0.1, -0.05) is 23.5 Å². The van der Waals surface area contributed by atoms with Crippen LogP contribution in [-0.2, 0) is 19.1 Å². The molecule has 0 saturated carbocycles. The van der Waals surface area contributed by atoms with Crippen molar-refractivity contribution in [2.45, 2.75) is 33.7 Å². The summed E-state index contributed by atoms with van der Waals surface area (Å²) in [6, 6.07) is 8.81. The Bertz CT molecular complexity index is 1750. The number of hydrogen-bond donors (Lipinski definition) is 0. The van der Waals surface area contributed by atoms with Crippen molar-refractivity contribution < 1.29 is 38.1 Å². The lowest BCUT2D eigenvalue weighted by atomic mass is 9.95. The molecular formula is C29H28N2O9S. The van der Waals surface area contributed by atoms with E-state index in [0.717, 1.165) is 11.3 Å². The molecule has 4 rings (SSSR count). The minimum Gasteiger partial charge on any atom is -0.493 e. The molecule has 11 nitrogen and oxygen atoms in total. The standard InChI is InChI=1S/C29H28N2O9S/c1-7-38-28(35)25-15(2)30-29-31(26(25)19-9-11-21(40-17(4)33)23(14-19)37-6)27(34)24(41-29)13-18-8-10-20(39-16(3)32)22(12-18)36-5/h8-14,26H,7H2,1-6H3. The average molecular weight is 581 g/mol. The zero-order chi connectivity index (χ0) is 29.8. The molecule has 1 unspecified atom stereocenters. The SMILES string of the molecule is CCOC(=O)C1=C(C)N=c2sc(=Cc3ccc(OC(C)=O)c(OC)c3)c(=O)n2C1c1ccc(OC(C)=O)c(OC)c1. The third-order valence-electron chi connectivity index (χ3n) is 6.01. The summed E-state index contributed by atoms with van der Waals surface area (Å²) < 4.78 is 28.3. The van der Waals surface area contributed by atoms with Gasteiger partial charge in [-0.2, -0.15) is 0 Å². The van der Waals surface area contributed by atoms with E-state index in [2.05, 4.69) is 4.99 Å². The van der Waals surface area contributed by atoms with Gasteiger partial charge >= 0.3 is 17.9 Å². The first-order chi connectivity index (χ1) is 19.6. The molecule has 0 bridgehead atoms. The fraction of sp³-hybridized carbons (Fsp3) is 0.276. The van der Waals surface area contributed by atoms with Crippen LogP contribution in [0.25, 0.3) is 6.08 Å². The van der Waals surface area contributed by atoms with E-state index in [0.29, 0.717) is 31.9 Å². The topological polar surface area (TPSA) is 132 Å². The highest BCUT2D eigenvalue weighted by Gasteiger charge is 2.34. The van der Waals surface area contributed by atoms with E-state index in [9.17, 15) is 19.2 Å². The number of thiazole rings is 1. The van der Waals surface area contributed by atoms with Gasteiger partial charge in [-0.05, 0) is 55.3 Å². The second-order valence-corrected chi connectivity index (χ2v) is 9.82. The van der Waals surface area contributed by atoms with Crippen molar-refractivity contribution in [2.75, 3.05) is 20.8 Å². The Morgan fingerprint density at radius 3 is 2.15 bits per heavy atom. The first-order valence-electron chi connectivity index (χ1n) is 12.5.